The highest BCUT2D eigenvalue weighted by atomic mass is 16.1. The van der Waals surface area contributed by atoms with Crippen molar-refractivity contribution in [2.45, 2.75) is 32.9 Å². The summed E-state index contributed by atoms with van der Waals surface area (Å²) < 4.78 is 4.14. The number of nitrogens with zero attached hydrogens (tertiary/aromatic N) is 3. The van der Waals surface area contributed by atoms with Crippen LogP contribution in [0.1, 0.15) is 42.4 Å². The Labute approximate surface area is 124 Å². The lowest BCUT2D eigenvalue weighted by Crippen LogP contribution is -2.06. The van der Waals surface area contributed by atoms with Crippen LogP contribution in [-0.4, -0.2) is 20.6 Å². The minimum atomic E-state index is 0.418. The second-order valence-electron chi connectivity index (χ2n) is 5.39. The van der Waals surface area contributed by atoms with E-state index in [0.717, 1.165) is 41.4 Å². The topological polar surface area (TPSA) is 39.8 Å². The van der Waals surface area contributed by atoms with Gasteiger partial charge in [0, 0.05) is 34.9 Å². The Bertz CT molecular complexity index is 769. The molecule has 0 amide bonds. The Kier molecular flexibility index (Phi) is 3.60. The van der Waals surface area contributed by atoms with Crippen molar-refractivity contribution in [1.82, 2.24) is 14.3 Å². The van der Waals surface area contributed by atoms with E-state index >= 15 is 0 Å². The molecule has 0 N–H and O–H groups in total. The zero-order chi connectivity index (χ0) is 14.8. The van der Waals surface area contributed by atoms with Crippen LogP contribution < -0.4 is 0 Å². The van der Waals surface area contributed by atoms with Crippen molar-refractivity contribution < 1.29 is 4.79 Å². The van der Waals surface area contributed by atoms with Gasteiger partial charge in [0.25, 0.3) is 0 Å². The maximum atomic E-state index is 11.1. The minimum absolute atomic E-state index is 0.418. The van der Waals surface area contributed by atoms with Crippen molar-refractivity contribution in [3.8, 4) is 0 Å². The van der Waals surface area contributed by atoms with Crippen LogP contribution in [0, 0.1) is 0 Å². The number of carbonyl (C=O) groups is 1. The van der Waals surface area contributed by atoms with Gasteiger partial charge in [-0.05, 0) is 31.5 Å². The van der Waals surface area contributed by atoms with E-state index in [2.05, 4.69) is 29.6 Å². The molecule has 3 rings (SSSR count). The maximum absolute atomic E-state index is 11.1. The van der Waals surface area contributed by atoms with Crippen LogP contribution in [0.25, 0.3) is 10.9 Å². The van der Waals surface area contributed by atoms with Gasteiger partial charge in [0.2, 0.25) is 0 Å². The quantitative estimate of drug-likeness (QED) is 0.669. The number of benzene rings is 1. The van der Waals surface area contributed by atoms with E-state index in [1.807, 2.05) is 41.3 Å². The van der Waals surface area contributed by atoms with Gasteiger partial charge in [-0.15, -0.1) is 0 Å². The summed E-state index contributed by atoms with van der Waals surface area (Å²) >= 11 is 0. The lowest BCUT2D eigenvalue weighted by atomic mass is 10.1. The van der Waals surface area contributed by atoms with Crippen LogP contribution in [0.2, 0.25) is 0 Å². The fourth-order valence-electron chi connectivity index (χ4n) is 2.56. The Balaban J connectivity index is 1.92. The molecule has 1 atom stereocenters. The molecule has 2 heterocycles. The van der Waals surface area contributed by atoms with Gasteiger partial charge in [-0.25, -0.2) is 0 Å². The van der Waals surface area contributed by atoms with Gasteiger partial charge >= 0.3 is 0 Å². The molecule has 21 heavy (non-hydrogen) atoms. The number of fused-ring (bicyclic) bond motifs is 1. The SMILES string of the molecule is CCC(C)n1ccc(Cn2ccc3c(C=O)cccc32)n1. The molecule has 108 valence electrons. The predicted octanol–water partition coefficient (Wildman–Crippen LogP) is 3.67. The Morgan fingerprint density at radius 1 is 1.24 bits per heavy atom. The number of hydrogen-bond donors (Lipinski definition) is 0. The molecule has 1 aromatic carbocycles. The molecule has 0 saturated carbocycles. The van der Waals surface area contributed by atoms with E-state index in [0.29, 0.717) is 6.04 Å². The number of carbonyl (C=O) groups excluding carboxylic acids is 1. The fourth-order valence-corrected chi connectivity index (χ4v) is 2.56. The van der Waals surface area contributed by atoms with Crippen molar-refractivity contribution in [1.29, 1.82) is 0 Å². The summed E-state index contributed by atoms with van der Waals surface area (Å²) in [7, 11) is 0. The van der Waals surface area contributed by atoms with E-state index in [-0.39, 0.29) is 0 Å². The third kappa shape index (κ3) is 2.49. The number of aldehydes is 1. The summed E-state index contributed by atoms with van der Waals surface area (Å²) in [4.78, 5) is 11.1. The average molecular weight is 281 g/mol. The van der Waals surface area contributed by atoms with Crippen molar-refractivity contribution in [3.05, 3.63) is 54.0 Å². The highest BCUT2D eigenvalue weighted by Crippen LogP contribution is 2.20. The zero-order valence-corrected chi connectivity index (χ0v) is 12.4. The minimum Gasteiger partial charge on any atom is -0.341 e. The molecule has 0 aliphatic rings. The van der Waals surface area contributed by atoms with Gasteiger partial charge in [-0.1, -0.05) is 19.1 Å². The number of hydrogen-bond acceptors (Lipinski definition) is 2. The molecule has 4 nitrogen and oxygen atoms in total. The molecular formula is C17H19N3O. The molecule has 2 aromatic heterocycles. The molecule has 0 bridgehead atoms. The van der Waals surface area contributed by atoms with Crippen molar-refractivity contribution in [2.24, 2.45) is 0 Å². The van der Waals surface area contributed by atoms with E-state index < -0.39 is 0 Å². The van der Waals surface area contributed by atoms with Gasteiger partial charge in [-0.3, -0.25) is 9.48 Å². The van der Waals surface area contributed by atoms with Gasteiger partial charge in [0.15, 0.2) is 6.29 Å². The molecule has 0 saturated heterocycles. The van der Waals surface area contributed by atoms with Gasteiger partial charge < -0.3 is 4.57 Å². The summed E-state index contributed by atoms with van der Waals surface area (Å²) in [5.74, 6) is 0. The Morgan fingerprint density at radius 3 is 2.86 bits per heavy atom. The van der Waals surface area contributed by atoms with Gasteiger partial charge in [0.05, 0.1) is 12.2 Å². The lowest BCUT2D eigenvalue weighted by molar-refractivity contribution is 0.112. The molecule has 0 radical (unpaired) electrons. The summed E-state index contributed by atoms with van der Waals surface area (Å²) in [6.45, 7) is 5.04. The van der Waals surface area contributed by atoms with E-state index in [4.69, 9.17) is 0 Å². The number of aromatic nitrogens is 3. The van der Waals surface area contributed by atoms with Crippen LogP contribution >= 0.6 is 0 Å². The van der Waals surface area contributed by atoms with Crippen LogP contribution in [0.4, 0.5) is 0 Å². The second kappa shape index (κ2) is 5.56. The summed E-state index contributed by atoms with van der Waals surface area (Å²) in [5, 5.41) is 5.63. The summed E-state index contributed by atoms with van der Waals surface area (Å²) in [5.41, 5.74) is 2.83. The monoisotopic (exact) mass is 281 g/mol. The first-order chi connectivity index (χ1) is 10.2. The zero-order valence-electron chi connectivity index (χ0n) is 12.4. The number of rotatable bonds is 5. The van der Waals surface area contributed by atoms with E-state index in [1.165, 1.54) is 0 Å². The first-order valence-electron chi connectivity index (χ1n) is 7.30. The largest absolute Gasteiger partial charge is 0.341 e. The van der Waals surface area contributed by atoms with Crippen LogP contribution in [-0.2, 0) is 6.54 Å². The smallest absolute Gasteiger partial charge is 0.150 e. The highest BCUT2D eigenvalue weighted by Gasteiger charge is 2.08. The van der Waals surface area contributed by atoms with Crippen molar-refractivity contribution >= 4 is 17.2 Å². The first kappa shape index (κ1) is 13.6. The van der Waals surface area contributed by atoms with Crippen LogP contribution in [0.5, 0.6) is 0 Å². The van der Waals surface area contributed by atoms with Gasteiger partial charge in [0.1, 0.15) is 0 Å². The molecule has 0 spiro atoms. The summed E-state index contributed by atoms with van der Waals surface area (Å²) in [6, 6.07) is 10.3. The second-order valence-corrected chi connectivity index (χ2v) is 5.39. The molecule has 0 aliphatic carbocycles. The molecule has 0 fully saturated rings. The molecule has 0 aliphatic heterocycles. The fraction of sp³-hybridized carbons (Fsp3) is 0.294. The summed E-state index contributed by atoms with van der Waals surface area (Å²) in [6.07, 6.45) is 6.02. The first-order valence-corrected chi connectivity index (χ1v) is 7.30. The predicted molar refractivity (Wildman–Crippen MR) is 83.7 cm³/mol. The van der Waals surface area contributed by atoms with Gasteiger partial charge in [-0.2, -0.15) is 5.10 Å². The average Bonchev–Trinajstić information content (AvgIpc) is 3.14. The standard InChI is InChI=1S/C17H19N3O/c1-3-13(2)20-10-7-15(18-20)11-19-9-8-16-14(12-21)5-4-6-17(16)19/h4-10,12-13H,3,11H2,1-2H3. The molecule has 1 unspecified atom stereocenters. The Hall–Kier alpha value is -2.36. The van der Waals surface area contributed by atoms with Crippen molar-refractivity contribution in [2.75, 3.05) is 0 Å². The van der Waals surface area contributed by atoms with Crippen molar-refractivity contribution in [3.63, 3.8) is 0 Å². The Morgan fingerprint density at radius 2 is 2.10 bits per heavy atom. The van der Waals surface area contributed by atoms with E-state index in [1.54, 1.807) is 0 Å². The normalized spacial score (nSPS) is 12.7. The van der Waals surface area contributed by atoms with E-state index in [9.17, 15) is 4.79 Å². The third-order valence-electron chi connectivity index (χ3n) is 4.01. The lowest BCUT2D eigenvalue weighted by Gasteiger charge is -2.08. The molecular weight excluding hydrogens is 262 g/mol. The van der Waals surface area contributed by atoms with Crippen LogP contribution in [0.3, 0.4) is 0 Å². The molecule has 4 heteroatoms. The maximum Gasteiger partial charge on any atom is 0.150 e. The highest BCUT2D eigenvalue weighted by molar-refractivity contribution is 5.97. The van der Waals surface area contributed by atoms with Crippen LogP contribution in [0.15, 0.2) is 42.7 Å². The molecule has 3 aromatic rings. The third-order valence-corrected chi connectivity index (χ3v) is 4.01.